The largest absolute Gasteiger partial charge is 0.388 e. The third-order valence-corrected chi connectivity index (χ3v) is 3.50. The van der Waals surface area contributed by atoms with E-state index >= 15 is 0 Å². The van der Waals surface area contributed by atoms with Crippen molar-refractivity contribution in [2.45, 2.75) is 4.90 Å². The molecule has 0 bridgehead atoms. The van der Waals surface area contributed by atoms with E-state index in [1.165, 1.54) is 6.07 Å². The van der Waals surface area contributed by atoms with E-state index in [0.717, 1.165) is 11.6 Å². The van der Waals surface area contributed by atoms with E-state index in [1.807, 2.05) is 18.2 Å². The first-order valence-electron chi connectivity index (χ1n) is 4.67. The topological polar surface area (TPSA) is 43.4 Å². The Bertz CT molecular complexity index is 630. The maximum Gasteiger partial charge on any atom is 0.339 e. The van der Waals surface area contributed by atoms with Gasteiger partial charge in [0.1, 0.15) is 4.90 Å². The number of hydrogen-bond donors (Lipinski definition) is 0. The van der Waals surface area contributed by atoms with Crippen LogP contribution in [-0.4, -0.2) is 27.3 Å². The van der Waals surface area contributed by atoms with Gasteiger partial charge in [-0.2, -0.15) is 8.42 Å². The Morgan fingerprint density at radius 1 is 1.06 bits per heavy atom. The quantitative estimate of drug-likeness (QED) is 0.470. The van der Waals surface area contributed by atoms with Crippen molar-refractivity contribution in [1.82, 2.24) is 0 Å². The van der Waals surface area contributed by atoms with Crippen molar-refractivity contribution in [3.8, 4) is 0 Å². The van der Waals surface area contributed by atoms with Gasteiger partial charge < -0.3 is 4.18 Å². The molecular weight excluding hydrogens is 231 g/mol. The van der Waals surface area contributed by atoms with Crippen LogP contribution in [0.15, 0.2) is 60.2 Å². The molecule has 0 aliphatic heterocycles. The smallest absolute Gasteiger partial charge is 0.339 e. The van der Waals surface area contributed by atoms with Crippen LogP contribution in [-0.2, 0) is 14.3 Å². The summed E-state index contributed by atoms with van der Waals surface area (Å²) in [6, 6.07) is 12.3. The molecule has 3 nitrogen and oxygen atoms in total. The van der Waals surface area contributed by atoms with E-state index < -0.39 is 10.1 Å². The minimum Gasteiger partial charge on any atom is -0.388 e. The monoisotopic (exact) mass is 241 g/mol. The molecule has 2 aromatic rings. The molecule has 0 aliphatic rings. The van der Waals surface area contributed by atoms with Crippen LogP contribution < -0.4 is 0 Å². The summed E-state index contributed by atoms with van der Waals surface area (Å²) in [5.41, 5.74) is 0. The minimum absolute atomic E-state index is 0. The van der Waals surface area contributed by atoms with E-state index in [1.54, 1.807) is 18.2 Å². The summed E-state index contributed by atoms with van der Waals surface area (Å²) in [7, 11) is -3.75. The van der Waals surface area contributed by atoms with Crippen molar-refractivity contribution in [3.63, 3.8) is 0 Å². The normalized spacial score (nSPS) is 10.6. The molecule has 5 heteroatoms. The molecule has 0 aromatic heterocycles. The fourth-order valence-corrected chi connectivity index (χ4v) is 2.54. The summed E-state index contributed by atoms with van der Waals surface area (Å²) < 4.78 is 28.1. The molecular formula is C12H10LiO3S. The third-order valence-electron chi connectivity index (χ3n) is 2.21. The second-order valence-electron chi connectivity index (χ2n) is 3.19. The molecule has 0 amide bonds. The van der Waals surface area contributed by atoms with Crippen LogP contribution in [0.2, 0.25) is 0 Å². The second-order valence-corrected chi connectivity index (χ2v) is 4.73. The summed E-state index contributed by atoms with van der Waals surface area (Å²) in [4.78, 5) is 0.158. The summed E-state index contributed by atoms with van der Waals surface area (Å²) in [5, 5.41) is 1.50. The van der Waals surface area contributed by atoms with Crippen molar-refractivity contribution < 1.29 is 12.6 Å². The molecule has 0 heterocycles. The van der Waals surface area contributed by atoms with Crippen LogP contribution in [0.25, 0.3) is 10.8 Å². The Morgan fingerprint density at radius 2 is 1.71 bits per heavy atom. The molecule has 0 atom stereocenters. The second kappa shape index (κ2) is 5.41. The van der Waals surface area contributed by atoms with E-state index in [0.29, 0.717) is 5.39 Å². The van der Waals surface area contributed by atoms with Crippen LogP contribution in [0.5, 0.6) is 0 Å². The Balaban J connectivity index is 0.00000144. The summed E-state index contributed by atoms with van der Waals surface area (Å²) in [5.74, 6) is 0. The predicted octanol–water partition coefficient (Wildman–Crippen LogP) is 2.31. The first-order valence-corrected chi connectivity index (χ1v) is 6.08. The molecule has 0 N–H and O–H groups in total. The van der Waals surface area contributed by atoms with Crippen molar-refractivity contribution >= 4 is 39.8 Å². The van der Waals surface area contributed by atoms with Crippen LogP contribution in [0, 0.1) is 0 Å². The average molecular weight is 241 g/mol. The van der Waals surface area contributed by atoms with Gasteiger partial charge in [-0.15, -0.1) is 0 Å². The van der Waals surface area contributed by atoms with Gasteiger partial charge in [0.05, 0.1) is 6.26 Å². The van der Waals surface area contributed by atoms with Gasteiger partial charge in [-0.25, -0.2) is 0 Å². The van der Waals surface area contributed by atoms with Crippen LogP contribution in [0.1, 0.15) is 0 Å². The summed E-state index contributed by atoms with van der Waals surface area (Å²) >= 11 is 0. The van der Waals surface area contributed by atoms with Crippen LogP contribution in [0.4, 0.5) is 0 Å². The molecule has 2 aromatic carbocycles. The molecule has 1 radical (unpaired) electrons. The van der Waals surface area contributed by atoms with E-state index in [9.17, 15) is 8.42 Å². The first kappa shape index (κ1) is 13.9. The fraction of sp³-hybridized carbons (Fsp3) is 0. The van der Waals surface area contributed by atoms with Gasteiger partial charge in [-0.05, 0) is 11.5 Å². The number of benzene rings is 2. The molecule has 2 rings (SSSR count). The zero-order chi connectivity index (χ0) is 11.6. The zero-order valence-corrected chi connectivity index (χ0v) is 10.3. The maximum atomic E-state index is 11.8. The van der Waals surface area contributed by atoms with Gasteiger partial charge in [-0.1, -0.05) is 43.0 Å². The van der Waals surface area contributed by atoms with E-state index in [-0.39, 0.29) is 23.8 Å². The van der Waals surface area contributed by atoms with Crippen molar-refractivity contribution in [3.05, 3.63) is 55.3 Å². The Hall–Kier alpha value is -1.21. The van der Waals surface area contributed by atoms with E-state index in [2.05, 4.69) is 10.8 Å². The predicted molar refractivity (Wildman–Crippen MR) is 68.2 cm³/mol. The maximum absolute atomic E-state index is 11.8. The van der Waals surface area contributed by atoms with Gasteiger partial charge in [-0.3, -0.25) is 0 Å². The minimum atomic E-state index is -3.75. The molecule has 0 saturated carbocycles. The van der Waals surface area contributed by atoms with Crippen molar-refractivity contribution in [2.75, 3.05) is 0 Å². The Labute approximate surface area is 112 Å². The Kier molecular flexibility index (Phi) is 4.41. The SMILES string of the molecule is C=COS(=O)(=O)c1cccc2ccccc12.[Li]. The van der Waals surface area contributed by atoms with Crippen LogP contribution in [0.3, 0.4) is 0 Å². The average Bonchev–Trinajstić information content (AvgIpc) is 2.28. The van der Waals surface area contributed by atoms with Gasteiger partial charge >= 0.3 is 10.1 Å². The molecule has 17 heavy (non-hydrogen) atoms. The summed E-state index contributed by atoms with van der Waals surface area (Å²) in [6.07, 6.45) is 0.914. The molecule has 0 spiro atoms. The fourth-order valence-electron chi connectivity index (χ4n) is 1.56. The van der Waals surface area contributed by atoms with Gasteiger partial charge in [0.2, 0.25) is 0 Å². The third kappa shape index (κ3) is 2.73. The van der Waals surface area contributed by atoms with Gasteiger partial charge in [0.25, 0.3) is 0 Å². The Morgan fingerprint density at radius 3 is 2.41 bits per heavy atom. The standard InChI is InChI=1S/C12H10O3S.Li/c1-2-15-16(13,14)12-9-5-7-10-6-3-4-8-11(10)12;/h2-9H,1H2;. The zero-order valence-electron chi connectivity index (χ0n) is 9.46. The van der Waals surface area contributed by atoms with Gasteiger partial charge in [0, 0.05) is 24.2 Å². The van der Waals surface area contributed by atoms with E-state index in [4.69, 9.17) is 0 Å². The number of fused-ring (bicyclic) bond motifs is 1. The molecule has 0 saturated heterocycles. The van der Waals surface area contributed by atoms with Crippen molar-refractivity contribution in [1.29, 1.82) is 0 Å². The number of rotatable bonds is 3. The molecule has 0 fully saturated rings. The molecule has 0 unspecified atom stereocenters. The number of hydrogen-bond acceptors (Lipinski definition) is 3. The van der Waals surface area contributed by atoms with Crippen LogP contribution >= 0.6 is 0 Å². The molecule has 0 aliphatic carbocycles. The van der Waals surface area contributed by atoms with Gasteiger partial charge in [0.15, 0.2) is 0 Å². The molecule has 83 valence electrons. The van der Waals surface area contributed by atoms with Crippen molar-refractivity contribution in [2.24, 2.45) is 0 Å². The first-order chi connectivity index (χ1) is 7.65. The summed E-state index contributed by atoms with van der Waals surface area (Å²) in [6.45, 7) is 3.25.